The van der Waals surface area contributed by atoms with Gasteiger partial charge in [0.15, 0.2) is 5.43 Å². The molecule has 0 atom stereocenters. The molecule has 5 heteroatoms. The van der Waals surface area contributed by atoms with Gasteiger partial charge in [-0.2, -0.15) is 0 Å². The molecule has 19 heavy (non-hydrogen) atoms. The lowest BCUT2D eigenvalue weighted by Gasteiger charge is -2.13. The molecule has 0 radical (unpaired) electrons. The Bertz CT molecular complexity index is 702. The minimum Gasteiger partial charge on any atom is -0.481 e. The Morgan fingerprint density at radius 1 is 1.37 bits per heavy atom. The average Bonchev–Trinajstić information content (AvgIpc) is 2.33. The van der Waals surface area contributed by atoms with Crippen LogP contribution in [-0.4, -0.2) is 30.2 Å². The molecule has 1 aromatic carbocycles. The van der Waals surface area contributed by atoms with Crippen LogP contribution in [0.1, 0.15) is 11.3 Å². The van der Waals surface area contributed by atoms with Crippen LogP contribution in [0.5, 0.6) is 0 Å². The van der Waals surface area contributed by atoms with Gasteiger partial charge in [-0.15, -0.1) is 0 Å². The summed E-state index contributed by atoms with van der Waals surface area (Å²) >= 11 is 0. The number of fused-ring (bicyclic) bond motifs is 1. The summed E-state index contributed by atoms with van der Waals surface area (Å²) in [5.74, 6) is -1.00. The van der Waals surface area contributed by atoms with Crippen molar-refractivity contribution in [2.24, 2.45) is 0 Å². The normalized spacial score (nSPS) is 10.7. The molecule has 1 aromatic heterocycles. The Labute approximate surface area is 110 Å². The molecule has 100 valence electrons. The van der Waals surface area contributed by atoms with Gasteiger partial charge >= 0.3 is 5.97 Å². The Morgan fingerprint density at radius 3 is 2.63 bits per heavy atom. The fourth-order valence-electron chi connectivity index (χ4n) is 2.08. The molecule has 5 nitrogen and oxygen atoms in total. The monoisotopic (exact) mass is 260 g/mol. The van der Waals surface area contributed by atoms with E-state index in [4.69, 9.17) is 5.11 Å². The van der Waals surface area contributed by atoms with Crippen LogP contribution in [0.4, 0.5) is 5.69 Å². The molecule has 2 rings (SSSR count). The molecule has 0 spiro atoms. The summed E-state index contributed by atoms with van der Waals surface area (Å²) < 4.78 is 0. The zero-order valence-corrected chi connectivity index (χ0v) is 11.2. The maximum absolute atomic E-state index is 12.4. The van der Waals surface area contributed by atoms with E-state index in [9.17, 15) is 9.59 Å². The lowest BCUT2D eigenvalue weighted by molar-refractivity contribution is -0.136. The van der Waals surface area contributed by atoms with Crippen LogP contribution in [0, 0.1) is 6.92 Å². The summed E-state index contributed by atoms with van der Waals surface area (Å²) in [6.07, 6.45) is -0.261. The van der Waals surface area contributed by atoms with Crippen molar-refractivity contribution in [3.8, 4) is 0 Å². The third-order valence-corrected chi connectivity index (χ3v) is 3.14. The number of carboxylic acids is 1. The van der Waals surface area contributed by atoms with Crippen molar-refractivity contribution in [2.45, 2.75) is 13.3 Å². The SMILES string of the molecule is Cc1[nH]c2ccc(N(C)C)cc2c(=O)c1CC(=O)O. The maximum atomic E-state index is 12.4. The number of carboxylic acid groups (broad SMARTS) is 1. The van der Waals surface area contributed by atoms with E-state index in [0.29, 0.717) is 16.6 Å². The summed E-state index contributed by atoms with van der Waals surface area (Å²) in [7, 11) is 3.78. The number of carbonyl (C=O) groups is 1. The standard InChI is InChI=1S/C14H16N2O3/c1-8-10(7-13(17)18)14(19)11-6-9(16(2)3)4-5-12(11)15-8/h4-6H,7H2,1-3H3,(H,15,19)(H,17,18). The summed E-state index contributed by atoms with van der Waals surface area (Å²) in [4.78, 5) is 28.2. The highest BCUT2D eigenvalue weighted by molar-refractivity contribution is 5.84. The number of aromatic amines is 1. The van der Waals surface area contributed by atoms with Crippen LogP contribution < -0.4 is 10.3 Å². The molecule has 0 saturated heterocycles. The first-order valence-corrected chi connectivity index (χ1v) is 5.95. The van der Waals surface area contributed by atoms with Crippen molar-refractivity contribution in [3.63, 3.8) is 0 Å². The molecule has 2 aromatic rings. The van der Waals surface area contributed by atoms with Crippen LogP contribution in [0.3, 0.4) is 0 Å². The van der Waals surface area contributed by atoms with Crippen molar-refractivity contribution in [3.05, 3.63) is 39.7 Å². The minimum atomic E-state index is -1.00. The highest BCUT2D eigenvalue weighted by atomic mass is 16.4. The first-order valence-electron chi connectivity index (χ1n) is 5.95. The molecule has 0 fully saturated rings. The Kier molecular flexibility index (Phi) is 3.29. The molecule has 0 saturated carbocycles. The van der Waals surface area contributed by atoms with E-state index in [1.54, 1.807) is 13.0 Å². The number of hydrogen-bond donors (Lipinski definition) is 2. The van der Waals surface area contributed by atoms with Gasteiger partial charge < -0.3 is 15.0 Å². The Hall–Kier alpha value is -2.30. The van der Waals surface area contributed by atoms with Gasteiger partial charge in [0.1, 0.15) is 0 Å². The number of aromatic nitrogens is 1. The van der Waals surface area contributed by atoms with Gasteiger partial charge in [0.25, 0.3) is 0 Å². The maximum Gasteiger partial charge on any atom is 0.308 e. The number of anilines is 1. The second-order valence-electron chi connectivity index (χ2n) is 4.75. The second kappa shape index (κ2) is 4.76. The summed E-state index contributed by atoms with van der Waals surface area (Å²) in [6.45, 7) is 1.72. The van der Waals surface area contributed by atoms with E-state index < -0.39 is 5.97 Å². The predicted molar refractivity (Wildman–Crippen MR) is 75.0 cm³/mol. The van der Waals surface area contributed by atoms with Crippen LogP contribution in [-0.2, 0) is 11.2 Å². The topological polar surface area (TPSA) is 73.4 Å². The molecular weight excluding hydrogens is 244 g/mol. The number of aliphatic carboxylic acids is 1. The predicted octanol–water partition coefficient (Wildman–Crippen LogP) is 1.53. The van der Waals surface area contributed by atoms with E-state index >= 15 is 0 Å². The van der Waals surface area contributed by atoms with Crippen molar-refractivity contribution in [1.82, 2.24) is 4.98 Å². The fraction of sp³-hybridized carbons (Fsp3) is 0.286. The number of nitrogens with one attached hydrogen (secondary N) is 1. The first-order chi connectivity index (χ1) is 8.90. The van der Waals surface area contributed by atoms with Crippen LogP contribution >= 0.6 is 0 Å². The van der Waals surface area contributed by atoms with Crippen molar-refractivity contribution >= 4 is 22.6 Å². The highest BCUT2D eigenvalue weighted by Gasteiger charge is 2.13. The van der Waals surface area contributed by atoms with Crippen molar-refractivity contribution in [2.75, 3.05) is 19.0 Å². The van der Waals surface area contributed by atoms with Gasteiger partial charge in [-0.3, -0.25) is 9.59 Å². The van der Waals surface area contributed by atoms with Gasteiger partial charge in [-0.05, 0) is 25.1 Å². The van der Waals surface area contributed by atoms with E-state index in [2.05, 4.69) is 4.98 Å². The molecule has 0 bridgehead atoms. The average molecular weight is 260 g/mol. The van der Waals surface area contributed by atoms with Gasteiger partial charge in [0, 0.05) is 41.9 Å². The summed E-state index contributed by atoms with van der Waals surface area (Å²) in [6, 6.07) is 5.52. The quantitative estimate of drug-likeness (QED) is 0.877. The number of aryl methyl sites for hydroxylation is 1. The number of hydrogen-bond acceptors (Lipinski definition) is 3. The van der Waals surface area contributed by atoms with Crippen LogP contribution in [0.25, 0.3) is 10.9 Å². The molecule has 0 aliphatic heterocycles. The van der Waals surface area contributed by atoms with E-state index in [0.717, 1.165) is 11.2 Å². The summed E-state index contributed by atoms with van der Waals surface area (Å²) in [5, 5.41) is 9.39. The zero-order chi connectivity index (χ0) is 14.2. The lowest BCUT2D eigenvalue weighted by atomic mass is 10.1. The third-order valence-electron chi connectivity index (χ3n) is 3.14. The minimum absolute atomic E-state index is 0.211. The molecule has 0 aliphatic rings. The molecule has 0 aliphatic carbocycles. The van der Waals surface area contributed by atoms with E-state index in [1.165, 1.54) is 0 Å². The highest BCUT2D eigenvalue weighted by Crippen LogP contribution is 2.18. The molecule has 0 amide bonds. The first kappa shape index (κ1) is 13.1. The van der Waals surface area contributed by atoms with Gasteiger partial charge in [0.2, 0.25) is 0 Å². The van der Waals surface area contributed by atoms with Crippen LogP contribution in [0.15, 0.2) is 23.0 Å². The number of nitrogens with zero attached hydrogens (tertiary/aromatic N) is 1. The molecule has 1 heterocycles. The third kappa shape index (κ3) is 2.45. The number of rotatable bonds is 3. The number of benzene rings is 1. The lowest BCUT2D eigenvalue weighted by Crippen LogP contribution is -2.17. The van der Waals surface area contributed by atoms with Gasteiger partial charge in [-0.1, -0.05) is 0 Å². The number of H-pyrrole nitrogens is 1. The smallest absolute Gasteiger partial charge is 0.308 e. The van der Waals surface area contributed by atoms with E-state index in [-0.39, 0.29) is 11.8 Å². The molecule has 2 N–H and O–H groups in total. The summed E-state index contributed by atoms with van der Waals surface area (Å²) in [5.41, 5.74) is 2.34. The molecule has 0 unspecified atom stereocenters. The molecular formula is C14H16N2O3. The Morgan fingerprint density at radius 2 is 2.05 bits per heavy atom. The Balaban J connectivity index is 2.73. The van der Waals surface area contributed by atoms with Crippen LogP contribution in [0.2, 0.25) is 0 Å². The fourth-order valence-corrected chi connectivity index (χ4v) is 2.08. The van der Waals surface area contributed by atoms with Gasteiger partial charge in [-0.25, -0.2) is 0 Å². The van der Waals surface area contributed by atoms with E-state index in [1.807, 2.05) is 31.1 Å². The largest absolute Gasteiger partial charge is 0.481 e. The second-order valence-corrected chi connectivity index (χ2v) is 4.75. The van der Waals surface area contributed by atoms with Gasteiger partial charge in [0.05, 0.1) is 6.42 Å². The number of pyridine rings is 1. The zero-order valence-electron chi connectivity index (χ0n) is 11.2. The van der Waals surface area contributed by atoms with Crippen molar-refractivity contribution in [1.29, 1.82) is 0 Å². The van der Waals surface area contributed by atoms with Crippen molar-refractivity contribution < 1.29 is 9.90 Å².